The number of sulfonamides is 1. The lowest BCUT2D eigenvalue weighted by molar-refractivity contribution is -0.0950. The second-order valence-electron chi connectivity index (χ2n) is 9.26. The second-order valence-corrected chi connectivity index (χ2v) is 11.6. The van der Waals surface area contributed by atoms with Gasteiger partial charge in [0.15, 0.2) is 12.4 Å². The van der Waals surface area contributed by atoms with Crippen LogP contribution in [0.5, 0.6) is 5.75 Å². The first-order valence-corrected chi connectivity index (χ1v) is 14.5. The van der Waals surface area contributed by atoms with E-state index < -0.39 is 21.4 Å². The largest absolute Gasteiger partial charge is 0.484 e. The van der Waals surface area contributed by atoms with Gasteiger partial charge in [0, 0.05) is 50.4 Å². The number of halogens is 3. The molecule has 0 atom stereocenters. The van der Waals surface area contributed by atoms with Gasteiger partial charge in [0.1, 0.15) is 17.3 Å². The van der Waals surface area contributed by atoms with Gasteiger partial charge < -0.3 is 18.6 Å². The van der Waals surface area contributed by atoms with Crippen LogP contribution in [-0.4, -0.2) is 33.7 Å². The van der Waals surface area contributed by atoms with E-state index in [0.29, 0.717) is 64.2 Å². The van der Waals surface area contributed by atoms with Crippen LogP contribution >= 0.6 is 23.2 Å². The number of rotatable bonds is 8. The molecule has 40 heavy (non-hydrogen) atoms. The Morgan fingerprint density at radius 1 is 1.00 bits per heavy atom. The van der Waals surface area contributed by atoms with E-state index in [1.165, 1.54) is 24.3 Å². The van der Waals surface area contributed by atoms with Gasteiger partial charge >= 0.3 is 0 Å². The van der Waals surface area contributed by atoms with Crippen molar-refractivity contribution in [2.24, 2.45) is 5.14 Å². The van der Waals surface area contributed by atoms with Crippen molar-refractivity contribution in [1.82, 2.24) is 4.98 Å². The minimum atomic E-state index is -3.88. The summed E-state index contributed by atoms with van der Waals surface area (Å²) in [6.07, 6.45) is 1.18. The molecule has 12 heteroatoms. The zero-order valence-corrected chi connectivity index (χ0v) is 23.7. The third-order valence-corrected chi connectivity index (χ3v) is 8.43. The normalized spacial score (nSPS) is 15.2. The van der Waals surface area contributed by atoms with Crippen molar-refractivity contribution in [3.05, 3.63) is 88.0 Å². The third-order valence-electron chi connectivity index (χ3n) is 6.76. The smallest absolute Gasteiger partial charge is 0.238 e. The van der Waals surface area contributed by atoms with Gasteiger partial charge in [0.05, 0.1) is 20.5 Å². The van der Waals surface area contributed by atoms with Crippen molar-refractivity contribution in [1.29, 1.82) is 0 Å². The van der Waals surface area contributed by atoms with Gasteiger partial charge in [-0.1, -0.05) is 29.3 Å². The maximum atomic E-state index is 14.6. The minimum absolute atomic E-state index is 0.0457. The molecule has 1 fully saturated rings. The lowest BCUT2D eigenvalue weighted by atomic mass is 9.86. The SMILES string of the molecule is COC1(c2cc(F)cc(OCc3nc(-c4ccc(Cl)c(Cl)c4)c(-c4ccc(S(N)(=O)=O)cc4)o3)c2)CCOCC1. The number of ether oxygens (including phenoxy) is 3. The van der Waals surface area contributed by atoms with Crippen LogP contribution in [0.2, 0.25) is 10.0 Å². The van der Waals surface area contributed by atoms with Crippen LogP contribution in [0.3, 0.4) is 0 Å². The number of methoxy groups -OCH3 is 1. The Morgan fingerprint density at radius 2 is 1.70 bits per heavy atom. The van der Waals surface area contributed by atoms with Crippen LogP contribution in [-0.2, 0) is 31.7 Å². The van der Waals surface area contributed by atoms with Crippen LogP contribution in [0.25, 0.3) is 22.6 Å². The Morgan fingerprint density at radius 3 is 2.35 bits per heavy atom. The van der Waals surface area contributed by atoms with Gasteiger partial charge in [0.2, 0.25) is 15.9 Å². The molecule has 2 N–H and O–H groups in total. The Hall–Kier alpha value is -2.99. The molecule has 0 bridgehead atoms. The van der Waals surface area contributed by atoms with Crippen molar-refractivity contribution in [2.75, 3.05) is 20.3 Å². The molecule has 0 unspecified atom stereocenters. The Kier molecular flexibility index (Phi) is 8.19. The van der Waals surface area contributed by atoms with Crippen molar-refractivity contribution >= 4 is 33.2 Å². The lowest BCUT2D eigenvalue weighted by Crippen LogP contribution is -2.35. The van der Waals surface area contributed by atoms with Crippen LogP contribution in [0, 0.1) is 5.82 Å². The minimum Gasteiger partial charge on any atom is -0.484 e. The fraction of sp³-hybridized carbons (Fsp3) is 0.250. The van der Waals surface area contributed by atoms with Gasteiger partial charge in [-0.25, -0.2) is 22.9 Å². The van der Waals surface area contributed by atoms with Crippen LogP contribution in [0.15, 0.2) is 70.0 Å². The highest BCUT2D eigenvalue weighted by Gasteiger charge is 2.35. The average molecular weight is 607 g/mol. The summed E-state index contributed by atoms with van der Waals surface area (Å²) in [5, 5.41) is 5.93. The van der Waals surface area contributed by atoms with E-state index >= 15 is 0 Å². The highest BCUT2D eigenvalue weighted by Crippen LogP contribution is 2.39. The molecule has 1 aromatic heterocycles. The summed E-state index contributed by atoms with van der Waals surface area (Å²) in [7, 11) is -2.27. The first kappa shape index (κ1) is 28.5. The van der Waals surface area contributed by atoms with E-state index in [0.717, 1.165) is 0 Å². The number of hydrogen-bond donors (Lipinski definition) is 1. The molecular weight excluding hydrogens is 582 g/mol. The van der Waals surface area contributed by atoms with E-state index in [9.17, 15) is 12.8 Å². The Balaban J connectivity index is 1.47. The molecule has 1 aliphatic rings. The fourth-order valence-electron chi connectivity index (χ4n) is 4.62. The van der Waals surface area contributed by atoms with E-state index in [4.69, 9.17) is 47.0 Å². The summed E-state index contributed by atoms with van der Waals surface area (Å²) >= 11 is 12.3. The summed E-state index contributed by atoms with van der Waals surface area (Å²) < 4.78 is 61.3. The first-order chi connectivity index (χ1) is 19.1. The standard InChI is InChI=1S/C28H25Cl2FN2O6S/c1-36-28(8-10-37-11-9-28)19-13-20(31)15-21(14-19)38-16-25-33-26(18-4-7-23(29)24(30)12-18)27(39-25)17-2-5-22(6-3-17)40(32,34)35/h2-7,12-15H,8-11,16H2,1H3,(H2,32,34,35). The Labute approximate surface area is 240 Å². The zero-order chi connectivity index (χ0) is 28.5. The van der Waals surface area contributed by atoms with Crippen LogP contribution in [0.4, 0.5) is 4.39 Å². The highest BCUT2D eigenvalue weighted by molar-refractivity contribution is 7.89. The predicted molar refractivity (Wildman–Crippen MR) is 148 cm³/mol. The third kappa shape index (κ3) is 6.02. The van der Waals surface area contributed by atoms with E-state index in [1.807, 2.05) is 0 Å². The second kappa shape index (κ2) is 11.5. The molecular formula is C28H25Cl2FN2O6S. The van der Waals surface area contributed by atoms with Gasteiger partial charge in [-0.3, -0.25) is 0 Å². The molecule has 1 saturated heterocycles. The highest BCUT2D eigenvalue weighted by atomic mass is 35.5. The van der Waals surface area contributed by atoms with E-state index in [2.05, 4.69) is 4.98 Å². The van der Waals surface area contributed by atoms with Gasteiger partial charge in [-0.2, -0.15) is 0 Å². The van der Waals surface area contributed by atoms with Crippen molar-refractivity contribution in [2.45, 2.75) is 29.9 Å². The monoisotopic (exact) mass is 606 g/mol. The van der Waals surface area contributed by atoms with Gasteiger partial charge in [-0.05, 0) is 54.1 Å². The average Bonchev–Trinajstić information content (AvgIpc) is 3.37. The first-order valence-electron chi connectivity index (χ1n) is 12.2. The molecule has 5 rings (SSSR count). The zero-order valence-electron chi connectivity index (χ0n) is 21.3. The molecule has 0 aliphatic carbocycles. The molecule has 3 aromatic carbocycles. The maximum Gasteiger partial charge on any atom is 0.238 e. The van der Waals surface area contributed by atoms with E-state index in [-0.39, 0.29) is 23.1 Å². The summed E-state index contributed by atoms with van der Waals surface area (Å²) in [6, 6.07) is 15.3. The molecule has 0 spiro atoms. The molecule has 1 aliphatic heterocycles. The summed E-state index contributed by atoms with van der Waals surface area (Å²) in [5.41, 5.74) is 1.58. The summed E-state index contributed by atoms with van der Waals surface area (Å²) in [5.74, 6) is 0.365. The molecule has 0 saturated carbocycles. The topological polar surface area (TPSA) is 114 Å². The number of hydrogen-bond acceptors (Lipinski definition) is 7. The van der Waals surface area contributed by atoms with Gasteiger partial charge in [0.25, 0.3) is 0 Å². The molecule has 8 nitrogen and oxygen atoms in total. The number of nitrogens with zero attached hydrogens (tertiary/aromatic N) is 1. The molecule has 210 valence electrons. The van der Waals surface area contributed by atoms with Gasteiger partial charge in [-0.15, -0.1) is 0 Å². The van der Waals surface area contributed by atoms with Crippen molar-refractivity contribution < 1.29 is 31.4 Å². The van der Waals surface area contributed by atoms with Crippen LogP contribution in [0.1, 0.15) is 24.3 Å². The quantitative estimate of drug-likeness (QED) is 0.249. The van der Waals surface area contributed by atoms with Crippen molar-refractivity contribution in [3.8, 4) is 28.3 Å². The lowest BCUT2D eigenvalue weighted by Gasteiger charge is -2.36. The number of nitrogens with two attached hydrogens (primary N) is 1. The van der Waals surface area contributed by atoms with Crippen molar-refractivity contribution in [3.63, 3.8) is 0 Å². The Bertz CT molecular complexity index is 1640. The number of oxazole rings is 1. The predicted octanol–water partition coefficient (Wildman–Crippen LogP) is 6.33. The maximum absolute atomic E-state index is 14.6. The molecule has 4 aromatic rings. The number of primary sulfonamides is 1. The number of benzene rings is 3. The van der Waals surface area contributed by atoms with E-state index in [1.54, 1.807) is 43.5 Å². The fourth-order valence-corrected chi connectivity index (χ4v) is 5.44. The van der Waals surface area contributed by atoms with Crippen LogP contribution < -0.4 is 9.88 Å². The molecule has 0 radical (unpaired) electrons. The molecule has 2 heterocycles. The summed E-state index contributed by atoms with van der Waals surface area (Å²) in [4.78, 5) is 4.56. The number of aromatic nitrogens is 1. The molecule has 0 amide bonds. The summed E-state index contributed by atoms with van der Waals surface area (Å²) in [6.45, 7) is 0.903.